The molecular weight excluding hydrogens is 375 g/mol. The van der Waals surface area contributed by atoms with Gasteiger partial charge < -0.3 is 15.3 Å². The van der Waals surface area contributed by atoms with Crippen LogP contribution in [-0.4, -0.2) is 27.1 Å². The van der Waals surface area contributed by atoms with Gasteiger partial charge in [-0.1, -0.05) is 42.5 Å². The minimum absolute atomic E-state index is 0.117. The number of carbonyl (C=O) groups is 1. The summed E-state index contributed by atoms with van der Waals surface area (Å²) in [5.74, 6) is -1.36. The molecule has 8 heteroatoms. The van der Waals surface area contributed by atoms with Crippen molar-refractivity contribution in [2.45, 2.75) is 19.6 Å². The number of fused-ring (bicyclic) bond motifs is 1. The third-order valence-corrected chi connectivity index (χ3v) is 4.80. The molecule has 1 aromatic heterocycles. The summed E-state index contributed by atoms with van der Waals surface area (Å²) in [4.78, 5) is 31.2. The first-order valence-corrected chi connectivity index (χ1v) is 9.18. The second-order valence-electron chi connectivity index (χ2n) is 6.78. The number of nitrogens with zero attached hydrogens (tertiary/aromatic N) is 3. The SMILES string of the molecule is O=C(NCc1ccc(F)cc1)c1nc2n(c(=O)c1O)CCN2Cc1ccccc1. The highest BCUT2D eigenvalue weighted by molar-refractivity contribution is 5.95. The van der Waals surface area contributed by atoms with Crippen LogP contribution in [0, 0.1) is 5.82 Å². The van der Waals surface area contributed by atoms with Gasteiger partial charge in [0.2, 0.25) is 11.7 Å². The number of nitrogens with one attached hydrogen (secondary N) is 1. The minimum Gasteiger partial charge on any atom is -0.501 e. The molecule has 4 rings (SSSR count). The average molecular weight is 394 g/mol. The molecule has 3 aromatic rings. The van der Waals surface area contributed by atoms with Gasteiger partial charge in [-0.15, -0.1) is 0 Å². The van der Waals surface area contributed by atoms with Gasteiger partial charge in [0.15, 0.2) is 5.69 Å². The van der Waals surface area contributed by atoms with Crippen molar-refractivity contribution >= 4 is 11.9 Å². The van der Waals surface area contributed by atoms with Gasteiger partial charge >= 0.3 is 0 Å². The first kappa shape index (κ1) is 18.7. The van der Waals surface area contributed by atoms with Gasteiger partial charge in [-0.2, -0.15) is 0 Å². The molecular formula is C21H19FN4O3. The molecule has 2 heterocycles. The first-order chi connectivity index (χ1) is 14.0. The van der Waals surface area contributed by atoms with Crippen molar-refractivity contribution < 1.29 is 14.3 Å². The van der Waals surface area contributed by atoms with Crippen LogP contribution in [0.2, 0.25) is 0 Å². The van der Waals surface area contributed by atoms with Crippen LogP contribution in [-0.2, 0) is 19.6 Å². The topological polar surface area (TPSA) is 87.5 Å². The Morgan fingerprint density at radius 1 is 1.07 bits per heavy atom. The molecule has 0 unspecified atom stereocenters. The molecule has 0 radical (unpaired) electrons. The average Bonchev–Trinajstić information content (AvgIpc) is 3.13. The predicted octanol–water partition coefficient (Wildman–Crippen LogP) is 2.04. The smallest absolute Gasteiger partial charge is 0.298 e. The van der Waals surface area contributed by atoms with Crippen LogP contribution >= 0.6 is 0 Å². The zero-order valence-electron chi connectivity index (χ0n) is 15.5. The van der Waals surface area contributed by atoms with Crippen LogP contribution < -0.4 is 15.8 Å². The van der Waals surface area contributed by atoms with Crippen LogP contribution in [0.1, 0.15) is 21.6 Å². The van der Waals surface area contributed by atoms with E-state index in [4.69, 9.17) is 0 Å². The van der Waals surface area contributed by atoms with Crippen molar-refractivity contribution in [1.29, 1.82) is 0 Å². The maximum Gasteiger partial charge on any atom is 0.298 e. The van der Waals surface area contributed by atoms with Gasteiger partial charge in [-0.25, -0.2) is 9.37 Å². The molecule has 0 spiro atoms. The lowest BCUT2D eigenvalue weighted by molar-refractivity contribution is 0.0942. The fraction of sp³-hybridized carbons (Fsp3) is 0.190. The Hall–Kier alpha value is -3.68. The van der Waals surface area contributed by atoms with Crippen molar-refractivity contribution in [1.82, 2.24) is 14.9 Å². The summed E-state index contributed by atoms with van der Waals surface area (Å²) >= 11 is 0. The van der Waals surface area contributed by atoms with E-state index in [-0.39, 0.29) is 18.1 Å². The number of amides is 1. The second kappa shape index (κ2) is 7.75. The van der Waals surface area contributed by atoms with E-state index in [9.17, 15) is 19.1 Å². The van der Waals surface area contributed by atoms with Gasteiger partial charge in [-0.05, 0) is 23.3 Å². The summed E-state index contributed by atoms with van der Waals surface area (Å²) in [5, 5.41) is 12.8. The standard InChI is InChI=1S/C21H19FN4O3/c22-16-8-6-14(7-9-16)12-23-19(28)17-18(27)20(29)26-11-10-25(21(26)24-17)13-15-4-2-1-3-5-15/h1-9,27H,10-13H2,(H,23,28). The summed E-state index contributed by atoms with van der Waals surface area (Å²) in [5.41, 5.74) is 0.772. The number of carbonyl (C=O) groups excluding carboxylic acids is 1. The Bertz CT molecular complexity index is 1100. The molecule has 0 bridgehead atoms. The van der Waals surface area contributed by atoms with E-state index in [0.29, 0.717) is 31.1 Å². The highest BCUT2D eigenvalue weighted by Crippen LogP contribution is 2.23. The van der Waals surface area contributed by atoms with Crippen LogP contribution in [0.15, 0.2) is 59.4 Å². The molecule has 0 fully saturated rings. The molecule has 0 atom stereocenters. The van der Waals surface area contributed by atoms with Crippen molar-refractivity contribution in [3.05, 3.63) is 87.6 Å². The number of aromatic hydroxyl groups is 1. The van der Waals surface area contributed by atoms with Crippen molar-refractivity contribution in [3.8, 4) is 5.75 Å². The van der Waals surface area contributed by atoms with Crippen molar-refractivity contribution in [3.63, 3.8) is 0 Å². The van der Waals surface area contributed by atoms with Gasteiger partial charge in [-0.3, -0.25) is 14.2 Å². The largest absolute Gasteiger partial charge is 0.501 e. The van der Waals surface area contributed by atoms with Gasteiger partial charge in [0.1, 0.15) is 5.82 Å². The molecule has 1 amide bonds. The van der Waals surface area contributed by atoms with Crippen molar-refractivity contribution in [2.75, 3.05) is 11.4 Å². The molecule has 0 saturated carbocycles. The Kier molecular flexibility index (Phi) is 4.99. The van der Waals surface area contributed by atoms with E-state index in [1.807, 2.05) is 35.2 Å². The lowest BCUT2D eigenvalue weighted by atomic mass is 10.2. The third kappa shape index (κ3) is 3.82. The van der Waals surface area contributed by atoms with E-state index in [0.717, 1.165) is 5.56 Å². The van der Waals surface area contributed by atoms with Gasteiger partial charge in [0.25, 0.3) is 11.5 Å². The quantitative estimate of drug-likeness (QED) is 0.692. The summed E-state index contributed by atoms with van der Waals surface area (Å²) in [6.07, 6.45) is 0. The summed E-state index contributed by atoms with van der Waals surface area (Å²) in [6.45, 7) is 1.59. The maximum atomic E-state index is 13.0. The summed E-state index contributed by atoms with van der Waals surface area (Å²) < 4.78 is 14.4. The number of rotatable bonds is 5. The zero-order valence-corrected chi connectivity index (χ0v) is 15.5. The molecule has 2 aromatic carbocycles. The monoisotopic (exact) mass is 394 g/mol. The number of halogens is 1. The van der Waals surface area contributed by atoms with E-state index >= 15 is 0 Å². The molecule has 0 aliphatic carbocycles. The molecule has 0 saturated heterocycles. The van der Waals surface area contributed by atoms with E-state index in [1.165, 1.54) is 16.7 Å². The molecule has 7 nitrogen and oxygen atoms in total. The first-order valence-electron chi connectivity index (χ1n) is 9.18. The normalized spacial score (nSPS) is 12.7. The number of anilines is 1. The molecule has 1 aliphatic rings. The fourth-order valence-electron chi connectivity index (χ4n) is 3.28. The van der Waals surface area contributed by atoms with Crippen LogP contribution in [0.3, 0.4) is 0 Å². The summed E-state index contributed by atoms with van der Waals surface area (Å²) in [7, 11) is 0. The predicted molar refractivity (Wildman–Crippen MR) is 105 cm³/mol. The Morgan fingerprint density at radius 3 is 2.52 bits per heavy atom. The zero-order chi connectivity index (χ0) is 20.4. The summed E-state index contributed by atoms with van der Waals surface area (Å²) in [6, 6.07) is 15.4. The Balaban J connectivity index is 1.57. The van der Waals surface area contributed by atoms with E-state index in [1.54, 1.807) is 12.1 Å². The third-order valence-electron chi connectivity index (χ3n) is 4.80. The number of hydrogen-bond acceptors (Lipinski definition) is 5. The minimum atomic E-state index is -0.674. The van der Waals surface area contributed by atoms with Crippen molar-refractivity contribution in [2.24, 2.45) is 0 Å². The Labute approximate surface area is 166 Å². The van der Waals surface area contributed by atoms with Gasteiger partial charge in [0, 0.05) is 26.2 Å². The van der Waals surface area contributed by atoms with Crippen LogP contribution in [0.5, 0.6) is 5.75 Å². The van der Waals surface area contributed by atoms with E-state index < -0.39 is 17.2 Å². The number of benzene rings is 2. The highest BCUT2D eigenvalue weighted by atomic mass is 19.1. The number of aromatic nitrogens is 2. The fourth-order valence-corrected chi connectivity index (χ4v) is 3.28. The molecule has 29 heavy (non-hydrogen) atoms. The molecule has 1 aliphatic heterocycles. The molecule has 148 valence electrons. The van der Waals surface area contributed by atoms with Crippen LogP contribution in [0.4, 0.5) is 10.3 Å². The van der Waals surface area contributed by atoms with E-state index in [2.05, 4.69) is 10.3 Å². The highest BCUT2D eigenvalue weighted by Gasteiger charge is 2.28. The lowest BCUT2D eigenvalue weighted by Gasteiger charge is -2.18. The number of hydrogen-bond donors (Lipinski definition) is 2. The van der Waals surface area contributed by atoms with Gasteiger partial charge in [0.05, 0.1) is 0 Å². The van der Waals surface area contributed by atoms with Crippen LogP contribution in [0.25, 0.3) is 0 Å². The second-order valence-corrected chi connectivity index (χ2v) is 6.78. The maximum absolute atomic E-state index is 13.0. The Morgan fingerprint density at radius 2 is 1.79 bits per heavy atom. The lowest BCUT2D eigenvalue weighted by Crippen LogP contribution is -2.29. The molecule has 2 N–H and O–H groups in total.